The van der Waals surface area contributed by atoms with E-state index in [1.807, 2.05) is 13.8 Å². The zero-order valence-electron chi connectivity index (χ0n) is 16.9. The van der Waals surface area contributed by atoms with Crippen molar-refractivity contribution >= 4 is 28.9 Å². The number of nitrogens with one attached hydrogen (secondary N) is 2. The number of nitrogen functional groups attached to an aromatic ring is 1. The van der Waals surface area contributed by atoms with E-state index in [0.717, 1.165) is 0 Å². The van der Waals surface area contributed by atoms with Crippen molar-refractivity contribution in [3.05, 3.63) is 28.5 Å². The van der Waals surface area contributed by atoms with Crippen LogP contribution in [0.4, 0.5) is 5.95 Å². The third-order valence-electron chi connectivity index (χ3n) is 3.92. The Hall–Kier alpha value is -3.21. The molecule has 158 valence electrons. The number of allylic oxidation sites excluding steroid dienone is 2. The van der Waals surface area contributed by atoms with Gasteiger partial charge in [-0.3, -0.25) is 19.1 Å². The molecule has 0 fully saturated rings. The Balaban J connectivity index is 1.84. The molecule has 0 amide bonds. The molecule has 0 radical (unpaired) electrons. The SMILES string of the molecule is CC(=O)/C=C(/C)N[C@H](C(=O)OCCOCn1cnc2c(=O)[nH]c(N)nc21)C(C)C. The molecule has 2 rings (SSSR count). The van der Waals surface area contributed by atoms with Crippen molar-refractivity contribution in [1.82, 2.24) is 24.8 Å². The summed E-state index contributed by atoms with van der Waals surface area (Å²) in [7, 11) is 0. The smallest absolute Gasteiger partial charge is 0.328 e. The number of esters is 1. The van der Waals surface area contributed by atoms with Gasteiger partial charge in [-0.05, 0) is 25.8 Å². The molecule has 29 heavy (non-hydrogen) atoms. The molecule has 0 aliphatic carbocycles. The Morgan fingerprint density at radius 2 is 2.07 bits per heavy atom. The number of aromatic amines is 1. The highest BCUT2D eigenvalue weighted by atomic mass is 16.6. The topological polar surface area (TPSA) is 154 Å². The molecule has 0 saturated carbocycles. The Bertz CT molecular complexity index is 961. The van der Waals surface area contributed by atoms with Crippen LogP contribution in [0.2, 0.25) is 0 Å². The average Bonchev–Trinajstić information content (AvgIpc) is 3.01. The highest BCUT2D eigenvalue weighted by Gasteiger charge is 2.23. The molecule has 0 unspecified atom stereocenters. The van der Waals surface area contributed by atoms with Crippen LogP contribution in [0.5, 0.6) is 0 Å². The minimum Gasteiger partial charge on any atom is -0.462 e. The third kappa shape index (κ3) is 6.14. The molecule has 2 heterocycles. The van der Waals surface area contributed by atoms with Gasteiger partial charge >= 0.3 is 5.97 Å². The molecule has 2 aromatic heterocycles. The maximum atomic E-state index is 12.3. The van der Waals surface area contributed by atoms with Gasteiger partial charge in [-0.2, -0.15) is 4.98 Å². The minimum atomic E-state index is -0.581. The summed E-state index contributed by atoms with van der Waals surface area (Å²) in [5.74, 6) is -0.594. The van der Waals surface area contributed by atoms with E-state index >= 15 is 0 Å². The maximum Gasteiger partial charge on any atom is 0.328 e. The van der Waals surface area contributed by atoms with Crippen LogP contribution >= 0.6 is 0 Å². The van der Waals surface area contributed by atoms with Crippen LogP contribution in [0.15, 0.2) is 22.9 Å². The number of ether oxygens (including phenoxy) is 2. The van der Waals surface area contributed by atoms with Crippen LogP contribution in [-0.4, -0.2) is 50.5 Å². The van der Waals surface area contributed by atoms with Crippen LogP contribution in [0.25, 0.3) is 11.2 Å². The number of carbonyl (C=O) groups is 2. The summed E-state index contributed by atoms with van der Waals surface area (Å²) >= 11 is 0. The third-order valence-corrected chi connectivity index (χ3v) is 3.92. The van der Waals surface area contributed by atoms with Gasteiger partial charge in [0.2, 0.25) is 5.95 Å². The number of nitrogens with zero attached hydrogens (tertiary/aromatic N) is 3. The van der Waals surface area contributed by atoms with Crippen molar-refractivity contribution in [1.29, 1.82) is 0 Å². The fourth-order valence-electron chi connectivity index (χ4n) is 2.61. The summed E-state index contributed by atoms with van der Waals surface area (Å²) in [6, 6.07) is -0.581. The number of hydrogen-bond acceptors (Lipinski definition) is 9. The lowest BCUT2D eigenvalue weighted by Gasteiger charge is -2.22. The summed E-state index contributed by atoms with van der Waals surface area (Å²) in [5.41, 5.74) is 6.17. The molecular formula is C18H26N6O5. The lowest BCUT2D eigenvalue weighted by atomic mass is 10.0. The number of nitrogens with two attached hydrogens (primary N) is 1. The van der Waals surface area contributed by atoms with E-state index in [4.69, 9.17) is 15.2 Å². The van der Waals surface area contributed by atoms with E-state index in [9.17, 15) is 14.4 Å². The number of imidazole rings is 1. The van der Waals surface area contributed by atoms with Crippen LogP contribution in [0.1, 0.15) is 27.7 Å². The van der Waals surface area contributed by atoms with E-state index in [2.05, 4.69) is 20.3 Å². The Labute approximate surface area is 167 Å². The van der Waals surface area contributed by atoms with Crippen LogP contribution in [0, 0.1) is 5.92 Å². The van der Waals surface area contributed by atoms with Crippen molar-refractivity contribution in [2.45, 2.75) is 40.5 Å². The van der Waals surface area contributed by atoms with Crippen molar-refractivity contribution in [2.24, 2.45) is 5.92 Å². The zero-order valence-corrected chi connectivity index (χ0v) is 16.9. The molecule has 11 heteroatoms. The quantitative estimate of drug-likeness (QED) is 0.287. The molecule has 0 spiro atoms. The highest BCUT2D eigenvalue weighted by molar-refractivity contribution is 5.88. The first-order valence-electron chi connectivity index (χ1n) is 9.09. The number of rotatable bonds is 10. The highest BCUT2D eigenvalue weighted by Crippen LogP contribution is 2.08. The van der Waals surface area contributed by atoms with Gasteiger partial charge in [0.25, 0.3) is 5.56 Å². The van der Waals surface area contributed by atoms with E-state index in [1.165, 1.54) is 23.9 Å². The first-order chi connectivity index (χ1) is 13.7. The number of fused-ring (bicyclic) bond motifs is 1. The van der Waals surface area contributed by atoms with Crippen LogP contribution in [0.3, 0.4) is 0 Å². The zero-order chi connectivity index (χ0) is 21.6. The Morgan fingerprint density at radius 1 is 1.34 bits per heavy atom. The predicted octanol–water partition coefficient (Wildman–Crippen LogP) is 0.326. The summed E-state index contributed by atoms with van der Waals surface area (Å²) in [6.45, 7) is 7.15. The Kier molecular flexibility index (Phi) is 7.48. The summed E-state index contributed by atoms with van der Waals surface area (Å²) in [4.78, 5) is 45.6. The first-order valence-corrected chi connectivity index (χ1v) is 9.09. The van der Waals surface area contributed by atoms with E-state index in [-0.39, 0.29) is 43.1 Å². The molecule has 2 aromatic rings. The standard InChI is InChI=1S/C18H26N6O5/c1-10(2)13(21-11(3)7-12(4)25)17(27)29-6-5-28-9-24-8-20-14-15(24)22-18(19)23-16(14)26/h7-8,10,13,21H,5-6,9H2,1-4H3,(H3,19,22,23,26)/b11-7-/t13-/m0/s1. The fourth-order valence-corrected chi connectivity index (χ4v) is 2.61. The van der Waals surface area contributed by atoms with Crippen LogP contribution < -0.4 is 16.6 Å². The molecule has 4 N–H and O–H groups in total. The molecule has 11 nitrogen and oxygen atoms in total. The average molecular weight is 406 g/mol. The summed E-state index contributed by atoms with van der Waals surface area (Å²) in [5, 5.41) is 3.00. The number of H-pyrrole nitrogens is 1. The van der Waals surface area contributed by atoms with Crippen molar-refractivity contribution in [3.8, 4) is 0 Å². The molecule has 1 atom stereocenters. The van der Waals surface area contributed by atoms with Gasteiger partial charge < -0.3 is 20.5 Å². The van der Waals surface area contributed by atoms with Gasteiger partial charge in [0.15, 0.2) is 16.9 Å². The first kappa shape index (κ1) is 22.1. The molecule has 0 aliphatic heterocycles. The molecule has 0 bridgehead atoms. The van der Waals surface area contributed by atoms with Crippen LogP contribution in [-0.2, 0) is 25.8 Å². The minimum absolute atomic E-state index is 0.0143. The number of hydrogen-bond donors (Lipinski definition) is 3. The molecule has 0 aliphatic rings. The number of anilines is 1. The lowest BCUT2D eigenvalue weighted by molar-refractivity contribution is -0.149. The van der Waals surface area contributed by atoms with Gasteiger partial charge in [0.05, 0.1) is 12.9 Å². The second-order valence-electron chi connectivity index (χ2n) is 6.85. The molecule has 0 aromatic carbocycles. The largest absolute Gasteiger partial charge is 0.462 e. The molecular weight excluding hydrogens is 380 g/mol. The van der Waals surface area contributed by atoms with Gasteiger partial charge in [0.1, 0.15) is 19.4 Å². The number of aromatic nitrogens is 4. The second-order valence-corrected chi connectivity index (χ2v) is 6.85. The van der Waals surface area contributed by atoms with Crippen molar-refractivity contribution < 1.29 is 19.1 Å². The summed E-state index contributed by atoms with van der Waals surface area (Å²) < 4.78 is 12.3. The van der Waals surface area contributed by atoms with Crippen molar-refractivity contribution in [2.75, 3.05) is 18.9 Å². The van der Waals surface area contributed by atoms with Crippen molar-refractivity contribution in [3.63, 3.8) is 0 Å². The van der Waals surface area contributed by atoms with Gasteiger partial charge in [0, 0.05) is 5.70 Å². The number of ketones is 1. The van der Waals surface area contributed by atoms with E-state index < -0.39 is 17.6 Å². The number of carbonyl (C=O) groups excluding carboxylic acids is 2. The van der Waals surface area contributed by atoms with E-state index in [0.29, 0.717) is 11.3 Å². The maximum absolute atomic E-state index is 12.3. The normalized spacial score (nSPS) is 12.9. The monoisotopic (exact) mass is 406 g/mol. The van der Waals surface area contributed by atoms with E-state index in [1.54, 1.807) is 6.92 Å². The molecule has 0 saturated heterocycles. The Morgan fingerprint density at radius 3 is 2.72 bits per heavy atom. The summed E-state index contributed by atoms with van der Waals surface area (Å²) in [6.07, 6.45) is 2.84. The fraction of sp³-hybridized carbons (Fsp3) is 0.500. The van der Waals surface area contributed by atoms with Gasteiger partial charge in [-0.25, -0.2) is 9.78 Å². The predicted molar refractivity (Wildman–Crippen MR) is 106 cm³/mol. The second kappa shape index (κ2) is 9.82. The van der Waals surface area contributed by atoms with Gasteiger partial charge in [-0.15, -0.1) is 0 Å². The van der Waals surface area contributed by atoms with Gasteiger partial charge in [-0.1, -0.05) is 13.8 Å². The lowest BCUT2D eigenvalue weighted by Crippen LogP contribution is -2.41.